The molecule has 1 aliphatic rings. The van der Waals surface area contributed by atoms with Crippen molar-refractivity contribution in [1.29, 1.82) is 0 Å². The number of benzene rings is 2. The molecular weight excluding hydrogens is 392 g/mol. The third-order valence-corrected chi connectivity index (χ3v) is 6.93. The Morgan fingerprint density at radius 2 is 2.00 bits per heavy atom. The smallest absolute Gasteiger partial charge is 0.240 e. The first-order chi connectivity index (χ1) is 13.8. The van der Waals surface area contributed by atoms with Crippen LogP contribution in [-0.4, -0.2) is 49.1 Å². The molecule has 1 saturated heterocycles. The summed E-state index contributed by atoms with van der Waals surface area (Å²) in [5.74, 6) is 0.439. The van der Waals surface area contributed by atoms with Crippen molar-refractivity contribution in [2.24, 2.45) is 0 Å². The number of hydrogen-bond acceptors (Lipinski definition) is 6. The molecule has 154 valence electrons. The normalized spacial score (nSPS) is 20.2. The number of nitrogens with one attached hydrogen (secondary N) is 2. The van der Waals surface area contributed by atoms with Gasteiger partial charge in [-0.3, -0.25) is 5.10 Å². The molecule has 1 aliphatic heterocycles. The van der Waals surface area contributed by atoms with Gasteiger partial charge in [0.15, 0.2) is 5.82 Å². The topological polar surface area (TPSA) is 130 Å². The largest absolute Gasteiger partial charge is 0.391 e. The summed E-state index contributed by atoms with van der Waals surface area (Å²) in [6, 6.07) is 8.24. The predicted molar refractivity (Wildman–Crippen MR) is 111 cm³/mol. The lowest BCUT2D eigenvalue weighted by molar-refractivity contribution is -0.00841. The molecule has 1 aromatic heterocycles. The first kappa shape index (κ1) is 19.8. The van der Waals surface area contributed by atoms with Gasteiger partial charge in [0.25, 0.3) is 0 Å². The number of ether oxygens (including phenoxy) is 1. The van der Waals surface area contributed by atoms with E-state index in [1.807, 2.05) is 26.0 Å². The third-order valence-electron chi connectivity index (χ3n) is 5.44. The Morgan fingerprint density at radius 3 is 2.72 bits per heavy atom. The molecule has 0 amide bonds. The maximum atomic E-state index is 12.8. The van der Waals surface area contributed by atoms with Crippen LogP contribution in [0.3, 0.4) is 0 Å². The summed E-state index contributed by atoms with van der Waals surface area (Å²) in [6.45, 7) is 4.43. The Kier molecular flexibility index (Phi) is 5.07. The number of aromatic nitrogens is 2. The Morgan fingerprint density at radius 1 is 1.24 bits per heavy atom. The van der Waals surface area contributed by atoms with Crippen LogP contribution in [0, 0.1) is 13.8 Å². The van der Waals surface area contributed by atoms with Crippen molar-refractivity contribution in [1.82, 2.24) is 14.9 Å². The lowest BCUT2D eigenvalue weighted by atomic mass is 9.94. The summed E-state index contributed by atoms with van der Waals surface area (Å²) in [6.07, 6.45) is -0.349. The number of nitrogens with two attached hydrogens (primary N) is 1. The minimum absolute atomic E-state index is 0.151. The molecular formula is C20H24N4O4S. The fourth-order valence-electron chi connectivity index (χ4n) is 3.82. The van der Waals surface area contributed by atoms with Crippen LogP contribution in [0.25, 0.3) is 22.0 Å². The van der Waals surface area contributed by atoms with E-state index in [0.29, 0.717) is 18.8 Å². The Bertz CT molecular complexity index is 1170. The summed E-state index contributed by atoms with van der Waals surface area (Å²) in [5.41, 5.74) is 10.5. The number of aliphatic hydroxyl groups is 1. The summed E-state index contributed by atoms with van der Waals surface area (Å²) in [5, 5.41) is 17.8. The van der Waals surface area contributed by atoms with E-state index in [0.717, 1.165) is 33.2 Å². The van der Waals surface area contributed by atoms with Gasteiger partial charge in [-0.25, -0.2) is 13.1 Å². The first-order valence-corrected chi connectivity index (χ1v) is 10.9. The highest BCUT2D eigenvalue weighted by molar-refractivity contribution is 7.89. The molecule has 2 heterocycles. The van der Waals surface area contributed by atoms with Crippen LogP contribution in [-0.2, 0) is 14.8 Å². The van der Waals surface area contributed by atoms with E-state index in [1.165, 1.54) is 0 Å². The van der Waals surface area contributed by atoms with Gasteiger partial charge in [-0.2, -0.15) is 5.10 Å². The Balaban J connectivity index is 1.68. The molecule has 4 rings (SSSR count). The van der Waals surface area contributed by atoms with Gasteiger partial charge in [0.05, 0.1) is 29.2 Å². The van der Waals surface area contributed by atoms with Crippen LogP contribution < -0.4 is 10.5 Å². The number of aliphatic hydroxyl groups excluding tert-OH is 1. The van der Waals surface area contributed by atoms with Crippen LogP contribution in [0.2, 0.25) is 0 Å². The standard InChI is InChI=1S/C20H24N4O4S/c1-11-9-13(29(26,27)24-17-10-28-8-7-18(17)25)3-4-14(11)15-5-6-16-19(12(15)2)20(21)23-22-16/h3-6,9,17-18,24-25H,7-8,10H2,1-2H3,(H3,21,22,23). The van der Waals surface area contributed by atoms with Crippen molar-refractivity contribution in [3.8, 4) is 11.1 Å². The van der Waals surface area contributed by atoms with Gasteiger partial charge in [0.2, 0.25) is 10.0 Å². The number of anilines is 1. The average molecular weight is 417 g/mol. The van der Waals surface area contributed by atoms with Crippen molar-refractivity contribution in [2.45, 2.75) is 37.3 Å². The number of sulfonamides is 1. The van der Waals surface area contributed by atoms with Gasteiger partial charge in [0, 0.05) is 12.0 Å². The Hall–Kier alpha value is -2.46. The second kappa shape index (κ2) is 7.42. The van der Waals surface area contributed by atoms with Crippen LogP contribution >= 0.6 is 0 Å². The SMILES string of the molecule is Cc1cc(S(=O)(=O)NC2COCCC2O)ccc1-c1ccc2[nH]nc(N)c2c1C. The van der Waals surface area contributed by atoms with E-state index < -0.39 is 22.2 Å². The third kappa shape index (κ3) is 3.62. The summed E-state index contributed by atoms with van der Waals surface area (Å²) in [7, 11) is -3.78. The molecule has 2 aromatic carbocycles. The number of aromatic amines is 1. The number of aryl methyl sites for hydroxylation is 2. The van der Waals surface area contributed by atoms with Crippen LogP contribution in [0.1, 0.15) is 17.5 Å². The van der Waals surface area contributed by atoms with Gasteiger partial charge in [-0.1, -0.05) is 12.1 Å². The van der Waals surface area contributed by atoms with Gasteiger partial charge >= 0.3 is 0 Å². The number of H-pyrrole nitrogens is 1. The molecule has 0 saturated carbocycles. The zero-order valence-corrected chi connectivity index (χ0v) is 17.1. The highest BCUT2D eigenvalue weighted by atomic mass is 32.2. The monoisotopic (exact) mass is 416 g/mol. The number of rotatable bonds is 4. The van der Waals surface area contributed by atoms with Gasteiger partial charge in [-0.15, -0.1) is 0 Å². The fourth-order valence-corrected chi connectivity index (χ4v) is 5.15. The van der Waals surface area contributed by atoms with E-state index in [-0.39, 0.29) is 11.5 Å². The van der Waals surface area contributed by atoms with Crippen molar-refractivity contribution >= 4 is 26.7 Å². The summed E-state index contributed by atoms with van der Waals surface area (Å²) in [4.78, 5) is 0.151. The van der Waals surface area contributed by atoms with Crippen LogP contribution in [0.4, 0.5) is 5.82 Å². The molecule has 2 atom stereocenters. The highest BCUT2D eigenvalue weighted by Crippen LogP contribution is 2.34. The van der Waals surface area contributed by atoms with Crippen LogP contribution in [0.5, 0.6) is 0 Å². The molecule has 1 fully saturated rings. The lowest BCUT2D eigenvalue weighted by Gasteiger charge is -2.28. The average Bonchev–Trinajstić information content (AvgIpc) is 3.06. The van der Waals surface area contributed by atoms with E-state index in [4.69, 9.17) is 10.5 Å². The molecule has 9 heteroatoms. The zero-order valence-electron chi connectivity index (χ0n) is 16.3. The Labute approximate surface area is 169 Å². The van der Waals surface area contributed by atoms with Crippen LogP contribution in [0.15, 0.2) is 35.2 Å². The second-order valence-corrected chi connectivity index (χ2v) is 9.12. The lowest BCUT2D eigenvalue weighted by Crippen LogP contribution is -2.49. The minimum atomic E-state index is -3.78. The van der Waals surface area contributed by atoms with Crippen molar-refractivity contribution in [3.63, 3.8) is 0 Å². The molecule has 0 spiro atoms. The second-order valence-electron chi connectivity index (χ2n) is 7.40. The maximum Gasteiger partial charge on any atom is 0.240 e. The van der Waals surface area contributed by atoms with E-state index >= 15 is 0 Å². The molecule has 2 unspecified atom stereocenters. The fraction of sp³-hybridized carbons (Fsp3) is 0.350. The van der Waals surface area contributed by atoms with Gasteiger partial charge in [0.1, 0.15) is 0 Å². The molecule has 0 radical (unpaired) electrons. The molecule has 29 heavy (non-hydrogen) atoms. The number of hydrogen-bond donors (Lipinski definition) is 4. The van der Waals surface area contributed by atoms with Gasteiger partial charge < -0.3 is 15.6 Å². The number of fused-ring (bicyclic) bond motifs is 1. The van der Waals surface area contributed by atoms with Crippen molar-refractivity contribution in [2.75, 3.05) is 18.9 Å². The maximum absolute atomic E-state index is 12.8. The van der Waals surface area contributed by atoms with Gasteiger partial charge in [-0.05, 0) is 60.7 Å². The number of nitrogen functional groups attached to an aromatic ring is 1. The van der Waals surface area contributed by atoms with Crippen molar-refractivity contribution in [3.05, 3.63) is 41.5 Å². The van der Waals surface area contributed by atoms with E-state index in [9.17, 15) is 13.5 Å². The molecule has 5 N–H and O–H groups in total. The zero-order chi connectivity index (χ0) is 20.8. The quantitative estimate of drug-likeness (QED) is 0.514. The van der Waals surface area contributed by atoms with E-state index in [2.05, 4.69) is 14.9 Å². The molecule has 8 nitrogen and oxygen atoms in total. The molecule has 3 aromatic rings. The van der Waals surface area contributed by atoms with E-state index in [1.54, 1.807) is 18.2 Å². The van der Waals surface area contributed by atoms with Crippen molar-refractivity contribution < 1.29 is 18.3 Å². The molecule has 0 bridgehead atoms. The summed E-state index contributed by atoms with van der Waals surface area (Å²) >= 11 is 0. The first-order valence-electron chi connectivity index (χ1n) is 9.40. The number of nitrogens with zero attached hydrogens (tertiary/aromatic N) is 1. The predicted octanol–water partition coefficient (Wildman–Crippen LogP) is 1.86. The minimum Gasteiger partial charge on any atom is -0.391 e. The highest BCUT2D eigenvalue weighted by Gasteiger charge is 2.29. The summed E-state index contributed by atoms with van der Waals surface area (Å²) < 4.78 is 33.4. The molecule has 0 aliphatic carbocycles.